The third-order valence-electron chi connectivity index (χ3n) is 3.99. The zero-order chi connectivity index (χ0) is 16.9. The van der Waals surface area contributed by atoms with Gasteiger partial charge in [0.1, 0.15) is 0 Å². The lowest BCUT2D eigenvalue weighted by atomic mass is 10.0. The van der Waals surface area contributed by atoms with Gasteiger partial charge in [-0.05, 0) is 43.2 Å². The number of carbonyl (C=O) groups is 2. The standard InChI is InChI=1S/C17H18N4O3/c22-15(12-4-6-13(7-5-12)16(23)24)20-14-3-1-10-21(11-14)17-18-8-2-9-19-17/h2,4-9,14H,1,3,10-11H2,(H,20,22)(H,23,24). The van der Waals surface area contributed by atoms with Crippen LogP contribution in [0, 0.1) is 0 Å². The molecule has 2 aromatic rings. The minimum Gasteiger partial charge on any atom is -0.478 e. The Balaban J connectivity index is 1.62. The summed E-state index contributed by atoms with van der Waals surface area (Å²) < 4.78 is 0. The van der Waals surface area contributed by atoms with Crippen LogP contribution in [0.3, 0.4) is 0 Å². The Labute approximate surface area is 139 Å². The van der Waals surface area contributed by atoms with Gasteiger partial charge in [0.05, 0.1) is 5.56 Å². The number of rotatable bonds is 4. The number of carboxylic acid groups (broad SMARTS) is 1. The van der Waals surface area contributed by atoms with Gasteiger partial charge < -0.3 is 15.3 Å². The van der Waals surface area contributed by atoms with Crippen molar-refractivity contribution in [2.24, 2.45) is 0 Å². The van der Waals surface area contributed by atoms with Crippen LogP contribution < -0.4 is 10.2 Å². The smallest absolute Gasteiger partial charge is 0.335 e. The quantitative estimate of drug-likeness (QED) is 0.885. The van der Waals surface area contributed by atoms with E-state index in [2.05, 4.69) is 20.2 Å². The van der Waals surface area contributed by atoms with Gasteiger partial charge in [0.25, 0.3) is 5.91 Å². The molecule has 1 fully saturated rings. The number of nitrogens with one attached hydrogen (secondary N) is 1. The Morgan fingerprint density at radius 1 is 1.12 bits per heavy atom. The second kappa shape index (κ2) is 7.08. The third-order valence-corrected chi connectivity index (χ3v) is 3.99. The molecule has 3 rings (SSSR count). The van der Waals surface area contributed by atoms with Crippen molar-refractivity contribution in [3.05, 3.63) is 53.9 Å². The largest absolute Gasteiger partial charge is 0.478 e. The lowest BCUT2D eigenvalue weighted by Gasteiger charge is -2.33. The zero-order valence-electron chi connectivity index (χ0n) is 13.1. The van der Waals surface area contributed by atoms with Crippen molar-refractivity contribution in [2.45, 2.75) is 18.9 Å². The van der Waals surface area contributed by atoms with E-state index in [0.29, 0.717) is 18.1 Å². The summed E-state index contributed by atoms with van der Waals surface area (Å²) in [6.45, 7) is 1.52. The average Bonchev–Trinajstić information content (AvgIpc) is 2.63. The van der Waals surface area contributed by atoms with Crippen molar-refractivity contribution in [1.82, 2.24) is 15.3 Å². The van der Waals surface area contributed by atoms with Crippen LogP contribution in [0.5, 0.6) is 0 Å². The first-order valence-electron chi connectivity index (χ1n) is 7.79. The van der Waals surface area contributed by atoms with Crippen molar-refractivity contribution < 1.29 is 14.7 Å². The predicted octanol–water partition coefficient (Wildman–Crippen LogP) is 1.57. The Hall–Kier alpha value is -2.96. The number of nitrogens with zero attached hydrogens (tertiary/aromatic N) is 3. The van der Waals surface area contributed by atoms with E-state index in [1.807, 2.05) is 0 Å². The molecule has 1 aliphatic rings. The molecule has 124 valence electrons. The van der Waals surface area contributed by atoms with E-state index in [-0.39, 0.29) is 17.5 Å². The van der Waals surface area contributed by atoms with Crippen LogP contribution in [0.4, 0.5) is 5.95 Å². The number of carboxylic acids is 1. The van der Waals surface area contributed by atoms with E-state index in [9.17, 15) is 9.59 Å². The van der Waals surface area contributed by atoms with Crippen molar-refractivity contribution in [3.63, 3.8) is 0 Å². The van der Waals surface area contributed by atoms with E-state index in [0.717, 1.165) is 19.4 Å². The fourth-order valence-corrected chi connectivity index (χ4v) is 2.76. The third kappa shape index (κ3) is 3.68. The molecular weight excluding hydrogens is 308 g/mol. The number of aromatic nitrogens is 2. The molecule has 0 aliphatic carbocycles. The van der Waals surface area contributed by atoms with Gasteiger partial charge in [0.2, 0.25) is 5.95 Å². The maximum Gasteiger partial charge on any atom is 0.335 e. The Morgan fingerprint density at radius 3 is 2.46 bits per heavy atom. The number of piperidine rings is 1. The summed E-state index contributed by atoms with van der Waals surface area (Å²) >= 11 is 0. The fourth-order valence-electron chi connectivity index (χ4n) is 2.76. The molecule has 1 atom stereocenters. The molecule has 1 unspecified atom stereocenters. The summed E-state index contributed by atoms with van der Waals surface area (Å²) in [6, 6.07) is 7.70. The van der Waals surface area contributed by atoms with Crippen LogP contribution in [0.15, 0.2) is 42.7 Å². The maximum absolute atomic E-state index is 12.3. The Kier molecular flexibility index (Phi) is 4.69. The fraction of sp³-hybridized carbons (Fsp3) is 0.294. The normalized spacial score (nSPS) is 17.3. The number of hydrogen-bond acceptors (Lipinski definition) is 5. The summed E-state index contributed by atoms with van der Waals surface area (Å²) in [4.78, 5) is 33.7. The summed E-state index contributed by atoms with van der Waals surface area (Å²) in [5.74, 6) is -0.539. The first-order chi connectivity index (χ1) is 11.6. The average molecular weight is 326 g/mol. The van der Waals surface area contributed by atoms with Crippen molar-refractivity contribution in [3.8, 4) is 0 Å². The van der Waals surface area contributed by atoms with E-state index in [1.54, 1.807) is 18.5 Å². The molecule has 1 amide bonds. The van der Waals surface area contributed by atoms with Gasteiger partial charge in [-0.2, -0.15) is 0 Å². The molecule has 7 nitrogen and oxygen atoms in total. The van der Waals surface area contributed by atoms with Crippen molar-refractivity contribution in [2.75, 3.05) is 18.0 Å². The molecule has 2 heterocycles. The number of anilines is 1. The second-order valence-electron chi connectivity index (χ2n) is 5.69. The SMILES string of the molecule is O=C(O)c1ccc(C(=O)NC2CCCN(c3ncccn3)C2)cc1. The minimum atomic E-state index is -1.01. The summed E-state index contributed by atoms with van der Waals surface area (Å²) in [6.07, 6.45) is 5.24. The van der Waals surface area contributed by atoms with E-state index in [4.69, 9.17) is 5.11 Å². The van der Waals surface area contributed by atoms with Crippen LogP contribution in [0.25, 0.3) is 0 Å². The summed E-state index contributed by atoms with van der Waals surface area (Å²) in [7, 11) is 0. The Morgan fingerprint density at radius 2 is 1.79 bits per heavy atom. The summed E-state index contributed by atoms with van der Waals surface area (Å²) in [5.41, 5.74) is 0.615. The second-order valence-corrected chi connectivity index (χ2v) is 5.69. The highest BCUT2D eigenvalue weighted by Crippen LogP contribution is 2.16. The van der Waals surface area contributed by atoms with Gasteiger partial charge in [0, 0.05) is 37.1 Å². The van der Waals surface area contributed by atoms with E-state index < -0.39 is 5.97 Å². The van der Waals surface area contributed by atoms with Crippen LogP contribution in [-0.2, 0) is 0 Å². The number of hydrogen-bond donors (Lipinski definition) is 2. The van der Waals surface area contributed by atoms with Gasteiger partial charge in [-0.25, -0.2) is 14.8 Å². The first-order valence-corrected chi connectivity index (χ1v) is 7.79. The predicted molar refractivity (Wildman–Crippen MR) is 88.1 cm³/mol. The molecule has 1 aliphatic heterocycles. The molecule has 0 radical (unpaired) electrons. The van der Waals surface area contributed by atoms with Gasteiger partial charge >= 0.3 is 5.97 Å². The van der Waals surface area contributed by atoms with E-state index in [1.165, 1.54) is 24.3 Å². The highest BCUT2D eigenvalue weighted by Gasteiger charge is 2.23. The number of aromatic carboxylic acids is 1. The topological polar surface area (TPSA) is 95.4 Å². The highest BCUT2D eigenvalue weighted by molar-refractivity contribution is 5.96. The molecule has 0 bridgehead atoms. The Bertz CT molecular complexity index is 718. The van der Waals surface area contributed by atoms with Crippen LogP contribution >= 0.6 is 0 Å². The van der Waals surface area contributed by atoms with Gasteiger partial charge in [-0.15, -0.1) is 0 Å². The molecule has 24 heavy (non-hydrogen) atoms. The maximum atomic E-state index is 12.3. The molecule has 1 saturated heterocycles. The van der Waals surface area contributed by atoms with Gasteiger partial charge in [-0.3, -0.25) is 4.79 Å². The molecular formula is C17H18N4O3. The summed E-state index contributed by atoms with van der Waals surface area (Å²) in [5, 5.41) is 11.9. The first kappa shape index (κ1) is 15.9. The monoisotopic (exact) mass is 326 g/mol. The number of benzene rings is 1. The van der Waals surface area contributed by atoms with Crippen molar-refractivity contribution in [1.29, 1.82) is 0 Å². The van der Waals surface area contributed by atoms with E-state index >= 15 is 0 Å². The molecule has 0 saturated carbocycles. The van der Waals surface area contributed by atoms with Crippen LogP contribution in [0.2, 0.25) is 0 Å². The van der Waals surface area contributed by atoms with Gasteiger partial charge in [-0.1, -0.05) is 0 Å². The molecule has 1 aromatic carbocycles. The molecule has 7 heteroatoms. The molecule has 1 aromatic heterocycles. The minimum absolute atomic E-state index is 0.00852. The van der Waals surface area contributed by atoms with Crippen LogP contribution in [0.1, 0.15) is 33.6 Å². The van der Waals surface area contributed by atoms with Crippen molar-refractivity contribution >= 4 is 17.8 Å². The van der Waals surface area contributed by atoms with Crippen LogP contribution in [-0.4, -0.2) is 46.1 Å². The number of carbonyl (C=O) groups excluding carboxylic acids is 1. The highest BCUT2D eigenvalue weighted by atomic mass is 16.4. The molecule has 2 N–H and O–H groups in total. The number of amides is 1. The lowest BCUT2D eigenvalue weighted by molar-refractivity contribution is 0.0696. The lowest BCUT2D eigenvalue weighted by Crippen LogP contribution is -2.48. The van der Waals surface area contributed by atoms with Gasteiger partial charge in [0.15, 0.2) is 0 Å². The zero-order valence-corrected chi connectivity index (χ0v) is 13.1. The molecule has 0 spiro atoms.